The van der Waals surface area contributed by atoms with E-state index in [1.165, 1.54) is 6.07 Å². The Kier molecular flexibility index (Phi) is 9.30. The molecule has 1 saturated heterocycles. The second kappa shape index (κ2) is 12.8. The van der Waals surface area contributed by atoms with Gasteiger partial charge in [-0.25, -0.2) is 23.7 Å². The zero-order valence-corrected chi connectivity index (χ0v) is 22.6. The number of aromatic nitrogens is 3. The van der Waals surface area contributed by atoms with E-state index in [-0.39, 0.29) is 12.2 Å². The van der Waals surface area contributed by atoms with Crippen molar-refractivity contribution in [2.75, 3.05) is 49.9 Å². The smallest absolute Gasteiger partial charge is 0.167 e. The van der Waals surface area contributed by atoms with Crippen LogP contribution in [-0.4, -0.2) is 69.9 Å². The summed E-state index contributed by atoms with van der Waals surface area (Å²) in [5, 5.41) is 6.17. The minimum Gasteiger partial charge on any atom is -0.363 e. The zero-order chi connectivity index (χ0) is 27.1. The van der Waals surface area contributed by atoms with Crippen LogP contribution < -0.4 is 10.6 Å². The van der Waals surface area contributed by atoms with Gasteiger partial charge in [-0.1, -0.05) is 13.0 Å². The van der Waals surface area contributed by atoms with E-state index in [1.807, 2.05) is 19.2 Å². The van der Waals surface area contributed by atoms with Crippen LogP contribution in [0, 0.1) is 18.6 Å². The maximum atomic E-state index is 14.9. The van der Waals surface area contributed by atoms with E-state index < -0.39 is 11.6 Å². The fourth-order valence-electron chi connectivity index (χ4n) is 4.50. The Morgan fingerprint density at radius 3 is 2.42 bits per heavy atom. The van der Waals surface area contributed by atoms with Gasteiger partial charge in [0, 0.05) is 51.0 Å². The van der Waals surface area contributed by atoms with Gasteiger partial charge in [0.1, 0.15) is 23.2 Å². The van der Waals surface area contributed by atoms with Crippen LogP contribution in [0.4, 0.5) is 20.3 Å². The van der Waals surface area contributed by atoms with Crippen molar-refractivity contribution in [3.8, 4) is 11.3 Å². The Morgan fingerprint density at radius 2 is 1.76 bits per heavy atom. The van der Waals surface area contributed by atoms with Gasteiger partial charge in [-0.05, 0) is 56.6 Å². The molecule has 0 unspecified atom stereocenters. The average Bonchev–Trinajstić information content (AvgIpc) is 2.91. The molecule has 0 saturated carbocycles. The van der Waals surface area contributed by atoms with Crippen LogP contribution in [-0.2, 0) is 13.1 Å². The highest BCUT2D eigenvalue weighted by molar-refractivity contribution is 5.94. The number of pyridine rings is 1. The van der Waals surface area contributed by atoms with E-state index in [1.54, 1.807) is 19.9 Å². The fourth-order valence-corrected chi connectivity index (χ4v) is 4.50. The number of nitrogens with one attached hydrogen (secondary N) is 2. The topological polar surface area (TPSA) is 81.6 Å². The van der Waals surface area contributed by atoms with Crippen molar-refractivity contribution in [1.82, 2.24) is 24.8 Å². The Bertz CT molecular complexity index is 1230. The highest BCUT2D eigenvalue weighted by Crippen LogP contribution is 2.28. The molecule has 202 valence electrons. The molecular weight excluding hydrogens is 486 g/mol. The van der Waals surface area contributed by atoms with Gasteiger partial charge in [0.15, 0.2) is 5.82 Å². The molecule has 38 heavy (non-hydrogen) atoms. The molecule has 1 aliphatic rings. The van der Waals surface area contributed by atoms with Crippen LogP contribution in [0.1, 0.15) is 37.7 Å². The molecule has 10 heteroatoms. The summed E-state index contributed by atoms with van der Waals surface area (Å²) in [7, 11) is 0. The summed E-state index contributed by atoms with van der Waals surface area (Å²) in [4.78, 5) is 22.1. The maximum Gasteiger partial charge on any atom is 0.167 e. The summed E-state index contributed by atoms with van der Waals surface area (Å²) in [6.45, 7) is 14.8. The van der Waals surface area contributed by atoms with Gasteiger partial charge in [0.25, 0.3) is 0 Å². The summed E-state index contributed by atoms with van der Waals surface area (Å²) < 4.78 is 29.6. The molecule has 0 spiro atoms. The van der Waals surface area contributed by atoms with Crippen LogP contribution in [0.25, 0.3) is 11.3 Å². The molecule has 0 aliphatic carbocycles. The van der Waals surface area contributed by atoms with Gasteiger partial charge >= 0.3 is 0 Å². The monoisotopic (exact) mass is 522 g/mol. The number of aliphatic imine (C=N–C) groups is 1. The first kappa shape index (κ1) is 27.5. The summed E-state index contributed by atoms with van der Waals surface area (Å²) in [6.07, 6.45) is 2.99. The SMILES string of the molecule is CCN=C(C)Nc1c(C)cc(-c2nc(CNc3ccc(CN4CCN(CC)CC4)cn3)ncc2F)cc1F. The van der Waals surface area contributed by atoms with E-state index in [4.69, 9.17) is 0 Å². The Balaban J connectivity index is 1.40. The molecule has 4 rings (SSSR count). The van der Waals surface area contributed by atoms with Crippen LogP contribution in [0.5, 0.6) is 0 Å². The number of hydrogen-bond acceptors (Lipinski definition) is 7. The molecule has 2 aromatic heterocycles. The number of likely N-dealkylation sites (N-methyl/N-ethyl adjacent to an activating group) is 1. The molecule has 0 bridgehead atoms. The van der Waals surface area contributed by atoms with Gasteiger partial charge in [0.2, 0.25) is 0 Å². The lowest BCUT2D eigenvalue weighted by atomic mass is 10.1. The molecule has 8 nitrogen and oxygen atoms in total. The van der Waals surface area contributed by atoms with Crippen LogP contribution in [0.15, 0.2) is 41.7 Å². The molecular formula is C28H36F2N8. The number of halogens is 2. The average molecular weight is 523 g/mol. The molecule has 0 amide bonds. The summed E-state index contributed by atoms with van der Waals surface area (Å²) >= 11 is 0. The molecule has 3 aromatic rings. The number of aryl methyl sites for hydroxylation is 1. The van der Waals surface area contributed by atoms with Gasteiger partial charge in [-0.15, -0.1) is 0 Å². The number of rotatable bonds is 9. The molecule has 0 atom stereocenters. The highest BCUT2D eigenvalue weighted by Gasteiger charge is 2.17. The number of nitrogens with zero attached hydrogens (tertiary/aromatic N) is 6. The lowest BCUT2D eigenvalue weighted by Crippen LogP contribution is -2.45. The van der Waals surface area contributed by atoms with E-state index >= 15 is 0 Å². The third-order valence-corrected chi connectivity index (χ3v) is 6.63. The van der Waals surface area contributed by atoms with Crippen molar-refractivity contribution in [3.05, 3.63) is 65.2 Å². The summed E-state index contributed by atoms with van der Waals surface area (Å²) in [5.74, 6) is 0.562. The van der Waals surface area contributed by atoms with Gasteiger partial charge in [-0.2, -0.15) is 0 Å². The number of anilines is 2. The van der Waals surface area contributed by atoms with Crippen molar-refractivity contribution in [2.45, 2.75) is 40.8 Å². The standard InChI is InChI=1S/C28H36F2N8/c1-5-31-20(4)35-27-19(3)13-22(14-23(27)29)28-24(30)16-33-26(36-28)17-34-25-8-7-21(15-32-25)18-38-11-9-37(6-2)10-12-38/h7-8,13-16H,5-6,9-12,17-18H2,1-4H3,(H,31,35)(H,32,34). The normalized spacial score (nSPS) is 15.1. The summed E-state index contributed by atoms with van der Waals surface area (Å²) in [5.41, 5.74) is 2.50. The minimum atomic E-state index is -0.612. The van der Waals surface area contributed by atoms with E-state index in [0.717, 1.165) is 51.0 Å². The first-order valence-electron chi connectivity index (χ1n) is 13.1. The van der Waals surface area contributed by atoms with Gasteiger partial charge in [0.05, 0.1) is 24.3 Å². The predicted molar refractivity (Wildman–Crippen MR) is 148 cm³/mol. The zero-order valence-electron chi connectivity index (χ0n) is 22.6. The minimum absolute atomic E-state index is 0.0516. The molecule has 2 N–H and O–H groups in total. The lowest BCUT2D eigenvalue weighted by molar-refractivity contribution is 0.132. The predicted octanol–water partition coefficient (Wildman–Crippen LogP) is 4.73. The summed E-state index contributed by atoms with van der Waals surface area (Å²) in [6, 6.07) is 6.97. The van der Waals surface area contributed by atoms with Gasteiger partial charge < -0.3 is 15.5 Å². The van der Waals surface area contributed by atoms with E-state index in [9.17, 15) is 8.78 Å². The molecule has 1 aliphatic heterocycles. The van der Waals surface area contributed by atoms with E-state index in [2.05, 4.69) is 53.4 Å². The van der Waals surface area contributed by atoms with Crippen LogP contribution in [0.2, 0.25) is 0 Å². The Hall–Kier alpha value is -3.50. The van der Waals surface area contributed by atoms with Crippen molar-refractivity contribution in [1.29, 1.82) is 0 Å². The number of benzene rings is 1. The maximum absolute atomic E-state index is 14.9. The first-order chi connectivity index (χ1) is 18.4. The Labute approximate surface area is 223 Å². The van der Waals surface area contributed by atoms with Crippen molar-refractivity contribution >= 4 is 17.3 Å². The highest BCUT2D eigenvalue weighted by atomic mass is 19.1. The number of amidine groups is 1. The van der Waals surface area contributed by atoms with Crippen LogP contribution in [0.3, 0.4) is 0 Å². The van der Waals surface area contributed by atoms with E-state index in [0.29, 0.717) is 40.8 Å². The lowest BCUT2D eigenvalue weighted by Gasteiger charge is -2.33. The second-order valence-electron chi connectivity index (χ2n) is 9.43. The number of hydrogen-bond donors (Lipinski definition) is 2. The first-order valence-corrected chi connectivity index (χ1v) is 13.1. The van der Waals surface area contributed by atoms with Crippen LogP contribution >= 0.6 is 0 Å². The molecule has 1 aromatic carbocycles. The molecule has 1 fully saturated rings. The second-order valence-corrected chi connectivity index (χ2v) is 9.43. The largest absolute Gasteiger partial charge is 0.363 e. The number of piperazine rings is 1. The van der Waals surface area contributed by atoms with Crippen molar-refractivity contribution in [3.63, 3.8) is 0 Å². The fraction of sp³-hybridized carbons (Fsp3) is 0.429. The third-order valence-electron chi connectivity index (χ3n) is 6.63. The molecule has 0 radical (unpaired) electrons. The van der Waals surface area contributed by atoms with Crippen molar-refractivity contribution < 1.29 is 8.78 Å². The molecule has 3 heterocycles. The Morgan fingerprint density at radius 1 is 1.00 bits per heavy atom. The van der Waals surface area contributed by atoms with Gasteiger partial charge in [-0.3, -0.25) is 9.89 Å². The third kappa shape index (κ3) is 7.08. The quantitative estimate of drug-likeness (QED) is 0.311. The van der Waals surface area contributed by atoms with Crippen molar-refractivity contribution in [2.24, 2.45) is 4.99 Å².